The summed E-state index contributed by atoms with van der Waals surface area (Å²) in [6.07, 6.45) is 12.3. The van der Waals surface area contributed by atoms with Crippen molar-refractivity contribution < 1.29 is 14.2 Å². The van der Waals surface area contributed by atoms with Crippen LogP contribution in [0.25, 0.3) is 0 Å². The molecular formula is C16H28O3. The first-order valence-corrected chi connectivity index (χ1v) is 7.38. The lowest BCUT2D eigenvalue weighted by Crippen LogP contribution is -2.36. The summed E-state index contributed by atoms with van der Waals surface area (Å²) in [7, 11) is 1.72. The number of rotatable bonds is 8. The summed E-state index contributed by atoms with van der Waals surface area (Å²) in [4.78, 5) is 0. The second-order valence-electron chi connectivity index (χ2n) is 5.66. The van der Waals surface area contributed by atoms with Crippen molar-refractivity contribution in [2.45, 2.75) is 83.4 Å². The molecule has 1 saturated heterocycles. The molecule has 1 aliphatic rings. The van der Waals surface area contributed by atoms with Gasteiger partial charge in [0, 0.05) is 7.11 Å². The predicted octanol–water partition coefficient (Wildman–Crippen LogP) is 3.52. The summed E-state index contributed by atoms with van der Waals surface area (Å²) in [5.41, 5.74) is 0. The number of terminal acetylenes is 1. The summed E-state index contributed by atoms with van der Waals surface area (Å²) in [6.45, 7) is 6.01. The second kappa shape index (κ2) is 7.89. The van der Waals surface area contributed by atoms with Crippen molar-refractivity contribution in [3.8, 4) is 12.3 Å². The van der Waals surface area contributed by atoms with Gasteiger partial charge in [0.15, 0.2) is 5.79 Å². The maximum Gasteiger partial charge on any atom is 0.165 e. The first kappa shape index (κ1) is 16.5. The molecule has 0 aromatic rings. The molecule has 0 unspecified atom stereocenters. The fourth-order valence-electron chi connectivity index (χ4n) is 2.56. The molecule has 0 aliphatic carbocycles. The fraction of sp³-hybridized carbons (Fsp3) is 0.875. The normalized spacial score (nSPS) is 27.1. The largest absolute Gasteiger partial charge is 0.379 e. The first-order valence-electron chi connectivity index (χ1n) is 7.38. The van der Waals surface area contributed by atoms with E-state index in [9.17, 15) is 0 Å². The lowest BCUT2D eigenvalue weighted by molar-refractivity contribution is -0.156. The molecule has 0 amide bonds. The van der Waals surface area contributed by atoms with E-state index in [0.29, 0.717) is 0 Å². The van der Waals surface area contributed by atoms with Crippen molar-refractivity contribution in [1.29, 1.82) is 0 Å². The molecule has 0 bridgehead atoms. The predicted molar refractivity (Wildman–Crippen MR) is 76.8 cm³/mol. The average Bonchev–Trinajstić information content (AvgIpc) is 2.69. The molecule has 1 rings (SSSR count). The van der Waals surface area contributed by atoms with Crippen LogP contribution in [0.5, 0.6) is 0 Å². The van der Waals surface area contributed by atoms with Gasteiger partial charge < -0.3 is 14.2 Å². The standard InChI is InChI=1S/C16H28O3/c1-6-8-9-10-11-12-14(17-5)15-13(7-2)18-16(3,4)19-15/h2,13-15H,6,8-12H2,1,3-5H3/t13-,14-,15-/m0/s1. The summed E-state index contributed by atoms with van der Waals surface area (Å²) in [5.74, 6) is 2.06. The summed E-state index contributed by atoms with van der Waals surface area (Å²) < 4.78 is 17.2. The molecule has 3 heteroatoms. The minimum atomic E-state index is -0.610. The molecule has 110 valence electrons. The molecule has 0 aromatic carbocycles. The molecule has 0 aromatic heterocycles. The number of unbranched alkanes of at least 4 members (excludes halogenated alkanes) is 4. The van der Waals surface area contributed by atoms with Crippen LogP contribution in [0.3, 0.4) is 0 Å². The number of hydrogen-bond donors (Lipinski definition) is 0. The van der Waals surface area contributed by atoms with Crippen molar-refractivity contribution >= 4 is 0 Å². The Kier molecular flexibility index (Phi) is 6.85. The van der Waals surface area contributed by atoms with Crippen molar-refractivity contribution in [2.75, 3.05) is 7.11 Å². The molecule has 0 spiro atoms. The monoisotopic (exact) mass is 268 g/mol. The highest BCUT2D eigenvalue weighted by atomic mass is 16.8. The van der Waals surface area contributed by atoms with E-state index < -0.39 is 5.79 Å². The third-order valence-corrected chi connectivity index (χ3v) is 3.55. The highest BCUT2D eigenvalue weighted by Crippen LogP contribution is 2.32. The zero-order chi connectivity index (χ0) is 14.3. The van der Waals surface area contributed by atoms with Crippen LogP contribution in [0, 0.1) is 12.3 Å². The smallest absolute Gasteiger partial charge is 0.165 e. The van der Waals surface area contributed by atoms with Gasteiger partial charge in [0.05, 0.1) is 6.10 Å². The van der Waals surface area contributed by atoms with Gasteiger partial charge >= 0.3 is 0 Å². The molecule has 1 fully saturated rings. The Morgan fingerprint density at radius 3 is 2.47 bits per heavy atom. The molecule has 1 heterocycles. The van der Waals surface area contributed by atoms with Gasteiger partial charge in [-0.2, -0.15) is 0 Å². The van der Waals surface area contributed by atoms with E-state index >= 15 is 0 Å². The molecule has 19 heavy (non-hydrogen) atoms. The van der Waals surface area contributed by atoms with Crippen LogP contribution in [-0.2, 0) is 14.2 Å². The van der Waals surface area contributed by atoms with Crippen LogP contribution >= 0.6 is 0 Å². The minimum Gasteiger partial charge on any atom is -0.379 e. The van der Waals surface area contributed by atoms with E-state index in [2.05, 4.69) is 12.8 Å². The summed E-state index contributed by atoms with van der Waals surface area (Å²) in [5, 5.41) is 0. The SMILES string of the molecule is C#C[C@@H]1OC(C)(C)O[C@@H]1[C@H](CCCCCCC)OC. The van der Waals surface area contributed by atoms with Crippen molar-refractivity contribution in [2.24, 2.45) is 0 Å². The number of ether oxygens (including phenoxy) is 3. The molecule has 3 atom stereocenters. The van der Waals surface area contributed by atoms with Crippen molar-refractivity contribution in [1.82, 2.24) is 0 Å². The highest BCUT2D eigenvalue weighted by molar-refractivity contribution is 5.05. The topological polar surface area (TPSA) is 27.7 Å². The molecule has 0 radical (unpaired) electrons. The number of hydrogen-bond acceptors (Lipinski definition) is 3. The van der Waals surface area contributed by atoms with E-state index in [-0.39, 0.29) is 18.3 Å². The first-order chi connectivity index (χ1) is 9.04. The van der Waals surface area contributed by atoms with Crippen LogP contribution < -0.4 is 0 Å². The molecule has 0 N–H and O–H groups in total. The van der Waals surface area contributed by atoms with Gasteiger partial charge in [0.1, 0.15) is 12.2 Å². The van der Waals surface area contributed by atoms with Gasteiger partial charge in [-0.25, -0.2) is 0 Å². The Morgan fingerprint density at radius 2 is 1.89 bits per heavy atom. The third kappa shape index (κ3) is 5.14. The molecule has 0 saturated carbocycles. The molecule has 3 nitrogen and oxygen atoms in total. The van der Waals surface area contributed by atoms with E-state index in [4.69, 9.17) is 20.6 Å². The summed E-state index contributed by atoms with van der Waals surface area (Å²) >= 11 is 0. The maximum atomic E-state index is 5.89. The van der Waals surface area contributed by atoms with Crippen LogP contribution in [-0.4, -0.2) is 31.2 Å². The minimum absolute atomic E-state index is 0.0180. The van der Waals surface area contributed by atoms with E-state index in [1.165, 1.54) is 25.7 Å². The highest BCUT2D eigenvalue weighted by Gasteiger charge is 2.44. The second-order valence-corrected chi connectivity index (χ2v) is 5.66. The van der Waals surface area contributed by atoms with E-state index in [1.54, 1.807) is 7.11 Å². The lowest BCUT2D eigenvalue weighted by atomic mass is 10.0. The zero-order valence-electron chi connectivity index (χ0n) is 12.8. The van der Waals surface area contributed by atoms with Crippen molar-refractivity contribution in [3.63, 3.8) is 0 Å². The van der Waals surface area contributed by atoms with Crippen molar-refractivity contribution in [3.05, 3.63) is 0 Å². The van der Waals surface area contributed by atoms with Crippen LogP contribution in [0.2, 0.25) is 0 Å². The number of methoxy groups -OCH3 is 1. The Labute approximate surface area is 118 Å². The average molecular weight is 268 g/mol. The van der Waals surface area contributed by atoms with Crippen LogP contribution in [0.4, 0.5) is 0 Å². The Hall–Kier alpha value is -0.560. The Bertz CT molecular complexity index is 293. The quantitative estimate of drug-likeness (QED) is 0.498. The van der Waals surface area contributed by atoms with Gasteiger partial charge in [-0.3, -0.25) is 0 Å². The third-order valence-electron chi connectivity index (χ3n) is 3.55. The maximum absolute atomic E-state index is 5.89. The van der Waals surface area contributed by atoms with Crippen LogP contribution in [0.15, 0.2) is 0 Å². The van der Waals surface area contributed by atoms with E-state index in [0.717, 1.165) is 12.8 Å². The van der Waals surface area contributed by atoms with E-state index in [1.807, 2.05) is 13.8 Å². The Morgan fingerprint density at radius 1 is 1.21 bits per heavy atom. The summed E-state index contributed by atoms with van der Waals surface area (Å²) in [6, 6.07) is 0. The fourth-order valence-corrected chi connectivity index (χ4v) is 2.56. The Balaban J connectivity index is 2.43. The van der Waals surface area contributed by atoms with Gasteiger partial charge in [-0.1, -0.05) is 44.9 Å². The van der Waals surface area contributed by atoms with Crippen LogP contribution in [0.1, 0.15) is 59.3 Å². The van der Waals surface area contributed by atoms with Gasteiger partial charge in [-0.05, 0) is 20.3 Å². The molecular weight excluding hydrogens is 240 g/mol. The van der Waals surface area contributed by atoms with Gasteiger partial charge in [0.25, 0.3) is 0 Å². The van der Waals surface area contributed by atoms with Gasteiger partial charge in [0.2, 0.25) is 0 Å². The van der Waals surface area contributed by atoms with Gasteiger partial charge in [-0.15, -0.1) is 6.42 Å². The lowest BCUT2D eigenvalue weighted by Gasteiger charge is -2.24. The molecule has 1 aliphatic heterocycles. The zero-order valence-corrected chi connectivity index (χ0v) is 12.8.